The molecular formula is C10H18N2O3. The lowest BCUT2D eigenvalue weighted by Gasteiger charge is -2.13. The first-order valence-electron chi connectivity index (χ1n) is 5.36. The van der Waals surface area contributed by atoms with Gasteiger partial charge in [0.15, 0.2) is 0 Å². The van der Waals surface area contributed by atoms with Gasteiger partial charge in [-0.3, -0.25) is 4.79 Å². The number of amides is 2. The minimum Gasteiger partial charge on any atom is -0.480 e. The molecule has 0 aromatic rings. The van der Waals surface area contributed by atoms with Gasteiger partial charge < -0.3 is 15.7 Å². The Balaban J connectivity index is 2.15. The summed E-state index contributed by atoms with van der Waals surface area (Å²) in [6.45, 7) is 2.09. The zero-order valence-electron chi connectivity index (χ0n) is 8.95. The highest BCUT2D eigenvalue weighted by atomic mass is 16.4. The molecule has 0 radical (unpaired) electrons. The molecule has 0 unspecified atom stereocenters. The maximum absolute atomic E-state index is 11.2. The molecule has 0 aromatic heterocycles. The van der Waals surface area contributed by atoms with E-state index in [1.54, 1.807) is 0 Å². The minimum atomic E-state index is -1.02. The maximum atomic E-state index is 11.2. The molecule has 0 spiro atoms. The van der Waals surface area contributed by atoms with Gasteiger partial charge in [0.1, 0.15) is 6.04 Å². The summed E-state index contributed by atoms with van der Waals surface area (Å²) in [7, 11) is 0. The van der Waals surface area contributed by atoms with Crippen molar-refractivity contribution in [2.75, 3.05) is 6.54 Å². The molecule has 1 fully saturated rings. The van der Waals surface area contributed by atoms with Crippen LogP contribution < -0.4 is 10.6 Å². The summed E-state index contributed by atoms with van der Waals surface area (Å²) in [6.07, 6.45) is 4.79. The summed E-state index contributed by atoms with van der Waals surface area (Å²) in [5, 5.41) is 13.6. The van der Waals surface area contributed by atoms with Crippen LogP contribution in [-0.2, 0) is 4.79 Å². The average Bonchev–Trinajstić information content (AvgIpc) is 2.66. The van der Waals surface area contributed by atoms with Crippen molar-refractivity contribution >= 4 is 12.0 Å². The Morgan fingerprint density at radius 1 is 1.40 bits per heavy atom. The molecule has 0 aromatic carbocycles. The zero-order chi connectivity index (χ0) is 11.3. The number of hydrogen-bond donors (Lipinski definition) is 3. The second-order valence-corrected chi connectivity index (χ2v) is 4.06. The Hall–Kier alpha value is -1.26. The van der Waals surface area contributed by atoms with Crippen molar-refractivity contribution in [3.63, 3.8) is 0 Å². The fourth-order valence-electron chi connectivity index (χ4n) is 1.76. The predicted molar refractivity (Wildman–Crippen MR) is 55.6 cm³/mol. The molecule has 1 aliphatic carbocycles. The monoisotopic (exact) mass is 214 g/mol. The van der Waals surface area contributed by atoms with E-state index in [9.17, 15) is 9.59 Å². The summed E-state index contributed by atoms with van der Waals surface area (Å²) < 4.78 is 0. The molecule has 3 N–H and O–H groups in total. The molecule has 1 aliphatic rings. The number of hydrogen-bond acceptors (Lipinski definition) is 2. The Kier molecular flexibility index (Phi) is 4.39. The fraction of sp³-hybridized carbons (Fsp3) is 0.800. The van der Waals surface area contributed by atoms with Crippen LogP contribution in [0.3, 0.4) is 0 Å². The van der Waals surface area contributed by atoms with Gasteiger partial charge in [-0.2, -0.15) is 0 Å². The van der Waals surface area contributed by atoms with Crippen LogP contribution in [0, 0.1) is 5.92 Å². The minimum absolute atomic E-state index is 0.392. The van der Waals surface area contributed by atoms with Crippen molar-refractivity contribution in [1.29, 1.82) is 0 Å². The van der Waals surface area contributed by atoms with E-state index in [2.05, 4.69) is 10.6 Å². The topological polar surface area (TPSA) is 78.4 Å². The number of urea groups is 1. The first-order valence-corrected chi connectivity index (χ1v) is 5.36. The summed E-state index contributed by atoms with van der Waals surface area (Å²) in [4.78, 5) is 21.7. The first-order chi connectivity index (χ1) is 7.09. The van der Waals surface area contributed by atoms with E-state index in [4.69, 9.17) is 5.11 Å². The SMILES string of the molecule is C[C@H](NC(=O)NCC1CCCC1)C(=O)O. The molecule has 0 heterocycles. The number of carboxylic acids is 1. The van der Waals surface area contributed by atoms with E-state index in [0.29, 0.717) is 12.5 Å². The lowest BCUT2D eigenvalue weighted by atomic mass is 10.1. The second-order valence-electron chi connectivity index (χ2n) is 4.06. The van der Waals surface area contributed by atoms with Crippen molar-refractivity contribution in [2.45, 2.75) is 38.6 Å². The van der Waals surface area contributed by atoms with Crippen LogP contribution in [0.4, 0.5) is 4.79 Å². The van der Waals surface area contributed by atoms with Crippen LogP contribution in [0.15, 0.2) is 0 Å². The Bertz CT molecular complexity index is 237. The number of carboxylic acid groups (broad SMARTS) is 1. The van der Waals surface area contributed by atoms with Crippen LogP contribution in [0.25, 0.3) is 0 Å². The molecule has 15 heavy (non-hydrogen) atoms. The maximum Gasteiger partial charge on any atom is 0.325 e. The van der Waals surface area contributed by atoms with Gasteiger partial charge in [0.05, 0.1) is 0 Å². The van der Waals surface area contributed by atoms with Crippen molar-refractivity contribution in [3.05, 3.63) is 0 Å². The van der Waals surface area contributed by atoms with Crippen molar-refractivity contribution < 1.29 is 14.7 Å². The van der Waals surface area contributed by atoms with Gasteiger partial charge in [0.25, 0.3) is 0 Å². The van der Waals surface area contributed by atoms with Gasteiger partial charge in [-0.05, 0) is 25.7 Å². The smallest absolute Gasteiger partial charge is 0.325 e. The molecule has 5 nitrogen and oxygen atoms in total. The third kappa shape index (κ3) is 4.18. The molecule has 0 aliphatic heterocycles. The van der Waals surface area contributed by atoms with Gasteiger partial charge in [-0.25, -0.2) is 4.79 Å². The molecule has 2 amide bonds. The molecule has 86 valence electrons. The third-order valence-electron chi connectivity index (χ3n) is 2.74. The van der Waals surface area contributed by atoms with Crippen LogP contribution >= 0.6 is 0 Å². The predicted octanol–water partition coefficient (Wildman–Crippen LogP) is 0.949. The highest BCUT2D eigenvalue weighted by Crippen LogP contribution is 2.23. The van der Waals surface area contributed by atoms with Gasteiger partial charge in [0.2, 0.25) is 0 Å². The van der Waals surface area contributed by atoms with Gasteiger partial charge in [0, 0.05) is 6.54 Å². The van der Waals surface area contributed by atoms with Gasteiger partial charge in [-0.1, -0.05) is 12.8 Å². The molecule has 0 bridgehead atoms. The molecule has 0 saturated heterocycles. The largest absolute Gasteiger partial charge is 0.480 e. The van der Waals surface area contributed by atoms with E-state index in [0.717, 1.165) is 12.8 Å². The van der Waals surface area contributed by atoms with E-state index in [-0.39, 0.29) is 0 Å². The van der Waals surface area contributed by atoms with E-state index in [1.807, 2.05) is 0 Å². The molecule has 1 atom stereocenters. The van der Waals surface area contributed by atoms with Gasteiger partial charge >= 0.3 is 12.0 Å². The number of aliphatic carboxylic acids is 1. The summed E-state index contributed by atoms with van der Waals surface area (Å²) in [5.74, 6) is -0.457. The highest BCUT2D eigenvalue weighted by molar-refractivity contribution is 5.82. The van der Waals surface area contributed by atoms with Crippen molar-refractivity contribution in [3.8, 4) is 0 Å². The first kappa shape index (κ1) is 11.8. The molecule has 1 rings (SSSR count). The van der Waals surface area contributed by atoms with Crippen molar-refractivity contribution in [1.82, 2.24) is 10.6 Å². The number of rotatable bonds is 4. The normalized spacial score (nSPS) is 18.5. The van der Waals surface area contributed by atoms with Crippen LogP contribution in [0.1, 0.15) is 32.6 Å². The highest BCUT2D eigenvalue weighted by Gasteiger charge is 2.17. The van der Waals surface area contributed by atoms with Crippen molar-refractivity contribution in [2.24, 2.45) is 5.92 Å². The van der Waals surface area contributed by atoms with E-state index in [1.165, 1.54) is 19.8 Å². The average molecular weight is 214 g/mol. The molecule has 1 saturated carbocycles. The quantitative estimate of drug-likeness (QED) is 0.652. The van der Waals surface area contributed by atoms with E-state index < -0.39 is 18.0 Å². The third-order valence-corrected chi connectivity index (χ3v) is 2.74. The zero-order valence-corrected chi connectivity index (χ0v) is 8.95. The Morgan fingerprint density at radius 2 is 2.00 bits per heavy atom. The van der Waals surface area contributed by atoms with Crippen LogP contribution in [0.5, 0.6) is 0 Å². The van der Waals surface area contributed by atoms with Crippen LogP contribution in [-0.4, -0.2) is 29.7 Å². The fourth-order valence-corrected chi connectivity index (χ4v) is 1.76. The number of carbonyl (C=O) groups is 2. The Morgan fingerprint density at radius 3 is 2.53 bits per heavy atom. The summed E-state index contributed by atoms with van der Waals surface area (Å²) in [5.41, 5.74) is 0. The standard InChI is InChI=1S/C10H18N2O3/c1-7(9(13)14)12-10(15)11-6-8-4-2-3-5-8/h7-8H,2-6H2,1H3,(H,13,14)(H2,11,12,15)/t7-/m0/s1. The summed E-state index contributed by atoms with van der Waals surface area (Å²) in [6, 6.07) is -1.23. The lowest BCUT2D eigenvalue weighted by Crippen LogP contribution is -2.45. The lowest BCUT2D eigenvalue weighted by molar-refractivity contribution is -0.138. The summed E-state index contributed by atoms with van der Waals surface area (Å²) >= 11 is 0. The Labute approximate surface area is 89.2 Å². The number of nitrogens with one attached hydrogen (secondary N) is 2. The van der Waals surface area contributed by atoms with Crippen LogP contribution in [0.2, 0.25) is 0 Å². The second kappa shape index (κ2) is 5.58. The van der Waals surface area contributed by atoms with Gasteiger partial charge in [-0.15, -0.1) is 0 Å². The molecular weight excluding hydrogens is 196 g/mol. The number of carbonyl (C=O) groups excluding carboxylic acids is 1. The van der Waals surface area contributed by atoms with E-state index >= 15 is 0 Å². The molecule has 5 heteroatoms.